The summed E-state index contributed by atoms with van der Waals surface area (Å²) in [5.74, 6) is 0.267. The van der Waals surface area contributed by atoms with E-state index in [-0.39, 0.29) is 5.91 Å². The smallest absolute Gasteiger partial charge is 0.255 e. The third-order valence-electron chi connectivity index (χ3n) is 1.77. The van der Waals surface area contributed by atoms with Gasteiger partial charge < -0.3 is 4.90 Å². The quantitative estimate of drug-likeness (QED) is 0.748. The van der Waals surface area contributed by atoms with Gasteiger partial charge in [0.2, 0.25) is 0 Å². The number of halogens is 2. The Labute approximate surface area is 92.6 Å². The molecule has 0 atom stereocenters. The lowest BCUT2D eigenvalue weighted by molar-refractivity contribution is 0.0803. The molecule has 3 nitrogen and oxygen atoms in total. The molecule has 14 heavy (non-hydrogen) atoms. The average molecular weight is 233 g/mol. The molecule has 1 aromatic rings. The maximum Gasteiger partial charge on any atom is 0.255 e. The molecule has 0 saturated carbocycles. The molecule has 1 heterocycles. The Kier molecular flexibility index (Phi) is 4.17. The van der Waals surface area contributed by atoms with Crippen molar-refractivity contribution in [1.82, 2.24) is 9.88 Å². The van der Waals surface area contributed by atoms with E-state index in [9.17, 15) is 4.79 Å². The number of rotatable bonds is 3. The van der Waals surface area contributed by atoms with E-state index in [0.29, 0.717) is 23.0 Å². The third-order valence-corrected chi connectivity index (χ3v) is 2.24. The zero-order valence-electron chi connectivity index (χ0n) is 7.70. The first-order chi connectivity index (χ1) is 6.66. The highest BCUT2D eigenvalue weighted by molar-refractivity contribution is 6.33. The number of alkyl halides is 1. The highest BCUT2D eigenvalue weighted by Crippen LogP contribution is 2.14. The first-order valence-corrected chi connectivity index (χ1v) is 4.99. The Hall–Kier alpha value is -0.800. The Morgan fingerprint density at radius 1 is 1.64 bits per heavy atom. The molecular weight excluding hydrogens is 223 g/mol. The van der Waals surface area contributed by atoms with Crippen molar-refractivity contribution in [2.45, 2.75) is 0 Å². The number of aromatic nitrogens is 1. The van der Waals surface area contributed by atoms with Crippen molar-refractivity contribution in [3.05, 3.63) is 29.0 Å². The van der Waals surface area contributed by atoms with E-state index in [0.717, 1.165) is 0 Å². The van der Waals surface area contributed by atoms with Crippen LogP contribution in [0.4, 0.5) is 0 Å². The highest BCUT2D eigenvalue weighted by atomic mass is 35.5. The normalized spacial score (nSPS) is 9.93. The molecule has 0 fully saturated rings. The lowest BCUT2D eigenvalue weighted by atomic mass is 10.2. The van der Waals surface area contributed by atoms with Crippen LogP contribution in [0.2, 0.25) is 5.02 Å². The van der Waals surface area contributed by atoms with E-state index in [1.807, 2.05) is 0 Å². The van der Waals surface area contributed by atoms with Crippen LogP contribution < -0.4 is 0 Å². The van der Waals surface area contributed by atoms with Crippen LogP contribution in [0.15, 0.2) is 18.5 Å². The van der Waals surface area contributed by atoms with Crippen LogP contribution in [0, 0.1) is 0 Å². The van der Waals surface area contributed by atoms with Gasteiger partial charge >= 0.3 is 0 Å². The number of carbonyl (C=O) groups excluding carboxylic acids is 1. The van der Waals surface area contributed by atoms with Gasteiger partial charge in [-0.1, -0.05) is 11.6 Å². The molecule has 0 N–H and O–H groups in total. The van der Waals surface area contributed by atoms with E-state index in [1.165, 1.54) is 17.3 Å². The van der Waals surface area contributed by atoms with Gasteiger partial charge in [0.1, 0.15) is 0 Å². The first kappa shape index (κ1) is 11.3. The second kappa shape index (κ2) is 5.17. The maximum atomic E-state index is 11.7. The summed E-state index contributed by atoms with van der Waals surface area (Å²) in [5, 5.41) is 0.360. The van der Waals surface area contributed by atoms with E-state index in [1.54, 1.807) is 13.1 Å². The van der Waals surface area contributed by atoms with Gasteiger partial charge in [-0.2, -0.15) is 0 Å². The van der Waals surface area contributed by atoms with Crippen LogP contribution >= 0.6 is 23.2 Å². The molecule has 0 radical (unpaired) electrons. The van der Waals surface area contributed by atoms with Gasteiger partial charge in [0, 0.05) is 31.9 Å². The fourth-order valence-corrected chi connectivity index (χ4v) is 1.44. The number of amides is 1. The number of nitrogens with zero attached hydrogens (tertiary/aromatic N) is 2. The summed E-state index contributed by atoms with van der Waals surface area (Å²) in [4.78, 5) is 17.0. The lowest BCUT2D eigenvalue weighted by Crippen LogP contribution is -2.28. The van der Waals surface area contributed by atoms with Gasteiger partial charge in [-0.15, -0.1) is 11.6 Å². The van der Waals surface area contributed by atoms with Gasteiger partial charge in [0.15, 0.2) is 0 Å². The molecular formula is C9H10Cl2N2O. The summed E-state index contributed by atoms with van der Waals surface area (Å²) in [6.45, 7) is 0.499. The zero-order chi connectivity index (χ0) is 10.6. The summed E-state index contributed by atoms with van der Waals surface area (Å²) in [6, 6.07) is 1.59. The summed E-state index contributed by atoms with van der Waals surface area (Å²) >= 11 is 11.3. The van der Waals surface area contributed by atoms with Crippen molar-refractivity contribution < 1.29 is 4.79 Å². The minimum Gasteiger partial charge on any atom is -0.340 e. The van der Waals surface area contributed by atoms with Crippen LogP contribution in [0.25, 0.3) is 0 Å². The Balaban J connectivity index is 2.84. The van der Waals surface area contributed by atoms with E-state index >= 15 is 0 Å². The minimum atomic E-state index is -0.141. The molecule has 0 aliphatic carbocycles. The molecule has 5 heteroatoms. The SMILES string of the molecule is CN(CCCl)C(=O)c1ccncc1Cl. The number of pyridine rings is 1. The van der Waals surface area contributed by atoms with Crippen molar-refractivity contribution in [1.29, 1.82) is 0 Å². The molecule has 0 spiro atoms. The first-order valence-electron chi connectivity index (χ1n) is 4.07. The number of carbonyl (C=O) groups is 1. The van der Waals surface area contributed by atoms with Crippen molar-refractivity contribution >= 4 is 29.1 Å². The van der Waals surface area contributed by atoms with Gasteiger partial charge in [0.25, 0.3) is 5.91 Å². The topological polar surface area (TPSA) is 33.2 Å². The number of hydrogen-bond acceptors (Lipinski definition) is 2. The van der Waals surface area contributed by atoms with Gasteiger partial charge in [-0.25, -0.2) is 0 Å². The van der Waals surface area contributed by atoms with Gasteiger partial charge in [0.05, 0.1) is 10.6 Å². The molecule has 1 amide bonds. The predicted octanol–water partition coefficient (Wildman–Crippen LogP) is 2.05. The second-order valence-electron chi connectivity index (χ2n) is 2.77. The van der Waals surface area contributed by atoms with E-state index in [4.69, 9.17) is 23.2 Å². The molecule has 0 unspecified atom stereocenters. The molecule has 76 valence electrons. The molecule has 1 rings (SSSR count). The van der Waals surface area contributed by atoms with Crippen molar-refractivity contribution in [3.8, 4) is 0 Å². The van der Waals surface area contributed by atoms with E-state index < -0.39 is 0 Å². The maximum absolute atomic E-state index is 11.7. The fourth-order valence-electron chi connectivity index (χ4n) is 0.983. The van der Waals surface area contributed by atoms with Gasteiger partial charge in [-0.3, -0.25) is 9.78 Å². The minimum absolute atomic E-state index is 0.141. The largest absolute Gasteiger partial charge is 0.340 e. The van der Waals surface area contributed by atoms with Crippen LogP contribution in [0.5, 0.6) is 0 Å². The van der Waals surface area contributed by atoms with Crippen LogP contribution in [0.3, 0.4) is 0 Å². The third kappa shape index (κ3) is 2.59. The number of hydrogen-bond donors (Lipinski definition) is 0. The summed E-state index contributed by atoms with van der Waals surface area (Å²) in [7, 11) is 1.68. The fraction of sp³-hybridized carbons (Fsp3) is 0.333. The molecule has 0 bridgehead atoms. The zero-order valence-corrected chi connectivity index (χ0v) is 9.22. The highest BCUT2D eigenvalue weighted by Gasteiger charge is 2.13. The predicted molar refractivity (Wildman–Crippen MR) is 56.9 cm³/mol. The molecule has 1 aromatic heterocycles. The summed E-state index contributed by atoms with van der Waals surface area (Å²) in [5.41, 5.74) is 0.453. The average Bonchev–Trinajstić information content (AvgIpc) is 2.18. The van der Waals surface area contributed by atoms with Crippen LogP contribution in [-0.4, -0.2) is 35.3 Å². The van der Waals surface area contributed by atoms with Crippen molar-refractivity contribution in [3.63, 3.8) is 0 Å². The molecule has 0 aliphatic heterocycles. The Bertz CT molecular complexity index is 330. The standard InChI is InChI=1S/C9H10Cl2N2O/c1-13(5-3-10)9(14)7-2-4-12-6-8(7)11/h2,4,6H,3,5H2,1H3. The van der Waals surface area contributed by atoms with Crippen LogP contribution in [0.1, 0.15) is 10.4 Å². The lowest BCUT2D eigenvalue weighted by Gasteiger charge is -2.15. The Morgan fingerprint density at radius 2 is 2.36 bits per heavy atom. The van der Waals surface area contributed by atoms with Crippen molar-refractivity contribution in [2.75, 3.05) is 19.5 Å². The van der Waals surface area contributed by atoms with Crippen molar-refractivity contribution in [2.24, 2.45) is 0 Å². The second-order valence-corrected chi connectivity index (χ2v) is 3.56. The summed E-state index contributed by atoms with van der Waals surface area (Å²) < 4.78 is 0. The van der Waals surface area contributed by atoms with E-state index in [2.05, 4.69) is 4.98 Å². The Morgan fingerprint density at radius 3 is 2.93 bits per heavy atom. The molecule has 0 aromatic carbocycles. The van der Waals surface area contributed by atoms with Crippen LogP contribution in [-0.2, 0) is 0 Å². The monoisotopic (exact) mass is 232 g/mol. The summed E-state index contributed by atoms with van der Waals surface area (Å²) in [6.07, 6.45) is 2.98. The molecule has 0 saturated heterocycles. The van der Waals surface area contributed by atoms with Gasteiger partial charge in [-0.05, 0) is 6.07 Å². The molecule has 0 aliphatic rings.